The minimum atomic E-state index is -0.378. The fraction of sp³-hybridized carbons (Fsp3) is 0.222. The van der Waals surface area contributed by atoms with Crippen molar-refractivity contribution in [2.45, 2.75) is 13.3 Å². The van der Waals surface area contributed by atoms with Gasteiger partial charge in [-0.3, -0.25) is 4.79 Å². The monoisotopic (exact) mass is 380 g/mol. The lowest BCUT2D eigenvalue weighted by Crippen LogP contribution is -2.21. The summed E-state index contributed by atoms with van der Waals surface area (Å²) in [7, 11) is 0. The average Bonchev–Trinajstić information content (AvgIpc) is 2.61. The molecule has 2 aromatic rings. The summed E-state index contributed by atoms with van der Waals surface area (Å²) in [4.78, 5) is 23.7. The highest BCUT2D eigenvalue weighted by Gasteiger charge is 2.08. The number of ether oxygens (including phenoxy) is 1. The van der Waals surface area contributed by atoms with Crippen molar-refractivity contribution in [1.29, 1.82) is 0 Å². The lowest BCUT2D eigenvalue weighted by molar-refractivity contribution is -0.114. The van der Waals surface area contributed by atoms with E-state index >= 15 is 0 Å². The quantitative estimate of drug-likeness (QED) is 0.688. The Morgan fingerprint density at radius 1 is 1.08 bits per heavy atom. The van der Waals surface area contributed by atoms with Crippen molar-refractivity contribution in [3.63, 3.8) is 0 Å². The molecular weight excluding hydrogens is 363 g/mol. The van der Waals surface area contributed by atoms with Gasteiger partial charge in [-0.05, 0) is 48.9 Å². The number of hydrogen-bond acceptors (Lipinski definition) is 4. The Morgan fingerprint density at radius 3 is 2.48 bits per heavy atom. The molecule has 1 amide bonds. The highest BCUT2D eigenvalue weighted by molar-refractivity contribution is 6.35. The van der Waals surface area contributed by atoms with Gasteiger partial charge in [0.15, 0.2) is 0 Å². The third-order valence-electron chi connectivity index (χ3n) is 3.21. The second-order valence-corrected chi connectivity index (χ2v) is 6.08. The Morgan fingerprint density at radius 2 is 1.80 bits per heavy atom. The topological polar surface area (TPSA) is 67.4 Å². The van der Waals surface area contributed by atoms with Crippen molar-refractivity contribution in [1.82, 2.24) is 0 Å². The molecule has 2 N–H and O–H groups in total. The normalized spacial score (nSPS) is 10.2. The molecule has 0 heterocycles. The van der Waals surface area contributed by atoms with E-state index in [0.29, 0.717) is 33.6 Å². The molecule has 0 aromatic heterocycles. The number of hydrogen-bond donors (Lipinski definition) is 2. The smallest absolute Gasteiger partial charge is 0.338 e. The standard InChI is InChI=1S/C18H18Cl2N2O3/c1-2-9-25-18(24)12-3-6-14(7-4-12)22-17(23)11-21-16-10-13(19)5-8-15(16)20/h3-8,10,21H,2,9,11H2,1H3,(H,22,23). The van der Waals surface area contributed by atoms with Crippen LogP contribution in [0.1, 0.15) is 23.7 Å². The molecule has 0 saturated carbocycles. The van der Waals surface area contributed by atoms with Crippen LogP contribution in [-0.2, 0) is 9.53 Å². The van der Waals surface area contributed by atoms with E-state index in [4.69, 9.17) is 27.9 Å². The van der Waals surface area contributed by atoms with Crippen LogP contribution in [0.25, 0.3) is 0 Å². The van der Waals surface area contributed by atoms with Crippen molar-refractivity contribution in [2.75, 3.05) is 23.8 Å². The highest BCUT2D eigenvalue weighted by Crippen LogP contribution is 2.25. The first-order valence-corrected chi connectivity index (χ1v) is 8.51. The first-order valence-electron chi connectivity index (χ1n) is 7.75. The van der Waals surface area contributed by atoms with E-state index in [2.05, 4.69) is 10.6 Å². The van der Waals surface area contributed by atoms with Crippen molar-refractivity contribution >= 4 is 46.5 Å². The Hall–Kier alpha value is -2.24. The Balaban J connectivity index is 1.88. The van der Waals surface area contributed by atoms with Gasteiger partial charge < -0.3 is 15.4 Å². The molecule has 2 aromatic carbocycles. The van der Waals surface area contributed by atoms with E-state index in [1.165, 1.54) is 0 Å². The van der Waals surface area contributed by atoms with Crippen LogP contribution < -0.4 is 10.6 Å². The van der Waals surface area contributed by atoms with Gasteiger partial charge in [0.05, 0.1) is 29.4 Å². The summed E-state index contributed by atoms with van der Waals surface area (Å²) in [5.74, 6) is -0.630. The minimum absolute atomic E-state index is 0.0281. The van der Waals surface area contributed by atoms with Crippen molar-refractivity contribution in [3.8, 4) is 0 Å². The van der Waals surface area contributed by atoms with E-state index in [1.54, 1.807) is 42.5 Å². The zero-order chi connectivity index (χ0) is 18.2. The Kier molecular flexibility index (Phi) is 7.10. The van der Waals surface area contributed by atoms with E-state index in [0.717, 1.165) is 6.42 Å². The highest BCUT2D eigenvalue weighted by atomic mass is 35.5. The van der Waals surface area contributed by atoms with Gasteiger partial charge in [0, 0.05) is 10.7 Å². The molecule has 0 atom stereocenters. The van der Waals surface area contributed by atoms with Gasteiger partial charge in [-0.25, -0.2) is 4.79 Å². The lowest BCUT2D eigenvalue weighted by Gasteiger charge is -2.10. The third-order valence-corrected chi connectivity index (χ3v) is 3.77. The van der Waals surface area contributed by atoms with Gasteiger partial charge in [0.25, 0.3) is 0 Å². The molecule has 25 heavy (non-hydrogen) atoms. The second kappa shape index (κ2) is 9.30. The summed E-state index contributed by atoms with van der Waals surface area (Å²) in [6.07, 6.45) is 0.767. The van der Waals surface area contributed by atoms with Crippen LogP contribution in [0.4, 0.5) is 11.4 Å². The molecular formula is C18H18Cl2N2O3. The summed E-state index contributed by atoms with van der Waals surface area (Å²) in [6, 6.07) is 11.5. The number of rotatable bonds is 7. The molecule has 2 rings (SSSR count). The number of halogens is 2. The van der Waals surface area contributed by atoms with Gasteiger partial charge >= 0.3 is 5.97 Å². The molecule has 0 radical (unpaired) electrons. The number of carbonyl (C=O) groups is 2. The molecule has 0 aliphatic carbocycles. The molecule has 0 unspecified atom stereocenters. The maximum atomic E-state index is 12.0. The predicted molar refractivity (Wildman–Crippen MR) is 101 cm³/mol. The van der Waals surface area contributed by atoms with E-state index in [9.17, 15) is 9.59 Å². The molecule has 5 nitrogen and oxygen atoms in total. The van der Waals surface area contributed by atoms with Crippen LogP contribution in [0.2, 0.25) is 10.0 Å². The summed E-state index contributed by atoms with van der Waals surface area (Å²) < 4.78 is 5.05. The molecule has 0 saturated heterocycles. The molecule has 0 bridgehead atoms. The van der Waals surface area contributed by atoms with Crippen LogP contribution in [0.5, 0.6) is 0 Å². The summed E-state index contributed by atoms with van der Waals surface area (Å²) in [6.45, 7) is 2.34. The van der Waals surface area contributed by atoms with Crippen LogP contribution in [0.3, 0.4) is 0 Å². The van der Waals surface area contributed by atoms with Crippen molar-refractivity contribution < 1.29 is 14.3 Å². The maximum absolute atomic E-state index is 12.0. The van der Waals surface area contributed by atoms with Gasteiger partial charge in [-0.1, -0.05) is 30.1 Å². The number of anilines is 2. The second-order valence-electron chi connectivity index (χ2n) is 5.24. The van der Waals surface area contributed by atoms with E-state index < -0.39 is 0 Å². The first-order chi connectivity index (χ1) is 12.0. The minimum Gasteiger partial charge on any atom is -0.462 e. The van der Waals surface area contributed by atoms with Gasteiger partial charge in [-0.2, -0.15) is 0 Å². The molecule has 0 aliphatic rings. The van der Waals surface area contributed by atoms with Crippen molar-refractivity contribution in [3.05, 3.63) is 58.1 Å². The van der Waals surface area contributed by atoms with Gasteiger partial charge in [0.2, 0.25) is 5.91 Å². The molecule has 7 heteroatoms. The maximum Gasteiger partial charge on any atom is 0.338 e. The summed E-state index contributed by atoms with van der Waals surface area (Å²) in [5.41, 5.74) is 1.60. The number of esters is 1. The van der Waals surface area contributed by atoms with Crippen molar-refractivity contribution in [2.24, 2.45) is 0 Å². The number of benzene rings is 2. The van der Waals surface area contributed by atoms with E-state index in [1.807, 2.05) is 6.92 Å². The fourth-order valence-corrected chi connectivity index (χ4v) is 2.34. The zero-order valence-corrected chi connectivity index (χ0v) is 15.2. The van der Waals surface area contributed by atoms with Gasteiger partial charge in [-0.15, -0.1) is 0 Å². The largest absolute Gasteiger partial charge is 0.462 e. The summed E-state index contributed by atoms with van der Waals surface area (Å²) in [5, 5.41) is 6.65. The van der Waals surface area contributed by atoms with Crippen LogP contribution >= 0.6 is 23.2 Å². The van der Waals surface area contributed by atoms with E-state index in [-0.39, 0.29) is 18.4 Å². The Bertz CT molecular complexity index is 748. The molecule has 132 valence electrons. The molecule has 0 spiro atoms. The molecule has 0 aliphatic heterocycles. The predicted octanol–water partition coefficient (Wildman–Crippen LogP) is 4.61. The lowest BCUT2D eigenvalue weighted by atomic mass is 10.2. The SMILES string of the molecule is CCCOC(=O)c1ccc(NC(=O)CNc2cc(Cl)ccc2Cl)cc1. The fourth-order valence-electron chi connectivity index (χ4n) is 1.98. The average molecular weight is 381 g/mol. The van der Waals surface area contributed by atoms with Crippen LogP contribution in [0, 0.1) is 0 Å². The van der Waals surface area contributed by atoms with Crippen LogP contribution in [-0.4, -0.2) is 25.0 Å². The summed E-state index contributed by atoms with van der Waals surface area (Å²) >= 11 is 11.9. The number of nitrogens with one attached hydrogen (secondary N) is 2. The first kappa shape index (κ1) is 19.1. The third kappa shape index (κ3) is 5.96. The molecule has 0 fully saturated rings. The number of amides is 1. The Labute approximate surface area is 156 Å². The van der Waals surface area contributed by atoms with Crippen LogP contribution in [0.15, 0.2) is 42.5 Å². The number of carbonyl (C=O) groups excluding carboxylic acids is 2. The zero-order valence-electron chi connectivity index (χ0n) is 13.6. The van der Waals surface area contributed by atoms with Gasteiger partial charge in [0.1, 0.15) is 0 Å².